The summed E-state index contributed by atoms with van der Waals surface area (Å²) in [4.78, 5) is 14.4. The maximum atomic E-state index is 12.8. The first-order chi connectivity index (χ1) is 10.2. The molecule has 1 amide bonds. The summed E-state index contributed by atoms with van der Waals surface area (Å²) in [5.41, 5.74) is 1.79. The van der Waals surface area contributed by atoms with E-state index < -0.39 is 15.4 Å². The van der Waals surface area contributed by atoms with Gasteiger partial charge in [-0.1, -0.05) is 0 Å². The van der Waals surface area contributed by atoms with E-state index in [9.17, 15) is 13.2 Å². The van der Waals surface area contributed by atoms with Crippen molar-refractivity contribution in [2.24, 2.45) is 0 Å². The van der Waals surface area contributed by atoms with Crippen molar-refractivity contribution < 1.29 is 13.2 Å². The minimum Gasteiger partial charge on any atom is -0.314 e. The summed E-state index contributed by atoms with van der Waals surface area (Å²) >= 11 is 0. The Morgan fingerprint density at radius 3 is 2.32 bits per heavy atom. The van der Waals surface area contributed by atoms with E-state index in [-0.39, 0.29) is 5.91 Å². The molecule has 1 aromatic carbocycles. The van der Waals surface area contributed by atoms with Crippen LogP contribution >= 0.6 is 0 Å². The topological polar surface area (TPSA) is 57.7 Å². The minimum atomic E-state index is -3.46. The third-order valence-corrected chi connectivity index (χ3v) is 6.70. The molecule has 0 spiro atoms. The van der Waals surface area contributed by atoms with E-state index in [1.807, 2.05) is 20.8 Å². The van der Waals surface area contributed by atoms with E-state index in [1.165, 1.54) is 0 Å². The smallest absolute Gasteiger partial charge is 0.243 e. The molecular weight excluding hydrogens is 300 g/mol. The van der Waals surface area contributed by atoms with Crippen molar-refractivity contribution in [1.82, 2.24) is 4.31 Å². The van der Waals surface area contributed by atoms with Crippen LogP contribution in [0.5, 0.6) is 0 Å². The number of nitrogens with zero attached hydrogens (tertiary/aromatic N) is 2. The number of amides is 1. The molecule has 0 N–H and O–H groups in total. The molecule has 0 unspecified atom stereocenters. The molecule has 22 heavy (non-hydrogen) atoms. The number of sulfonamides is 1. The number of carbonyl (C=O) groups is 1. The molecule has 0 aliphatic carbocycles. The van der Waals surface area contributed by atoms with E-state index in [0.717, 1.165) is 29.7 Å². The highest BCUT2D eigenvalue weighted by Gasteiger charge is 2.44. The van der Waals surface area contributed by atoms with E-state index in [1.54, 1.807) is 28.4 Å². The molecule has 6 heteroatoms. The number of aryl methyl sites for hydroxylation is 1. The number of benzene rings is 1. The molecular formula is C16H22N2O3S. The second-order valence-corrected chi connectivity index (χ2v) is 8.67. The summed E-state index contributed by atoms with van der Waals surface area (Å²) in [6.45, 7) is 6.74. The fourth-order valence-electron chi connectivity index (χ4n) is 3.53. The Balaban J connectivity index is 2.17. The summed E-state index contributed by atoms with van der Waals surface area (Å²) in [6, 6.07) is 3.38. The van der Waals surface area contributed by atoms with Gasteiger partial charge in [0.1, 0.15) is 0 Å². The van der Waals surface area contributed by atoms with Crippen molar-refractivity contribution in [1.29, 1.82) is 0 Å². The van der Waals surface area contributed by atoms with Gasteiger partial charge in [-0.25, -0.2) is 8.42 Å². The predicted molar refractivity (Wildman–Crippen MR) is 85.6 cm³/mol. The van der Waals surface area contributed by atoms with Crippen LogP contribution in [0, 0.1) is 6.92 Å². The highest BCUT2D eigenvalue weighted by Crippen LogP contribution is 2.44. The standard InChI is InChI=1S/C16H22N2O3S/c1-11-9-12(22(20,21)18-7-5-6-8-18)10-13-14(11)17(4)15(19)16(13,2)3/h9-10H,5-8H2,1-4H3. The number of rotatable bonds is 2. The first-order valence-corrected chi connectivity index (χ1v) is 9.05. The third kappa shape index (κ3) is 2.01. The normalized spacial score (nSPS) is 21.5. The fraction of sp³-hybridized carbons (Fsp3) is 0.562. The van der Waals surface area contributed by atoms with Gasteiger partial charge in [0, 0.05) is 20.1 Å². The van der Waals surface area contributed by atoms with E-state index in [4.69, 9.17) is 0 Å². The molecule has 3 rings (SSSR count). The first kappa shape index (κ1) is 15.5. The summed E-state index contributed by atoms with van der Waals surface area (Å²) in [6.07, 6.45) is 1.83. The molecule has 1 saturated heterocycles. The third-order valence-electron chi connectivity index (χ3n) is 4.82. The second-order valence-electron chi connectivity index (χ2n) is 6.74. The Hall–Kier alpha value is -1.40. The Kier molecular flexibility index (Phi) is 3.38. The maximum Gasteiger partial charge on any atom is 0.243 e. The van der Waals surface area contributed by atoms with Crippen molar-refractivity contribution in [3.8, 4) is 0 Å². The summed E-state index contributed by atoms with van der Waals surface area (Å²) in [5, 5.41) is 0. The molecule has 0 atom stereocenters. The lowest BCUT2D eigenvalue weighted by molar-refractivity contribution is -0.121. The molecule has 2 aliphatic heterocycles. The van der Waals surface area contributed by atoms with Gasteiger partial charge >= 0.3 is 0 Å². The number of hydrogen-bond acceptors (Lipinski definition) is 3. The SMILES string of the molecule is Cc1cc(S(=O)(=O)N2CCCC2)cc2c1N(C)C(=O)C2(C)C. The van der Waals surface area contributed by atoms with Crippen molar-refractivity contribution in [3.05, 3.63) is 23.3 Å². The van der Waals surface area contributed by atoms with Crippen LogP contribution in [0.25, 0.3) is 0 Å². The Morgan fingerprint density at radius 2 is 1.73 bits per heavy atom. The van der Waals surface area contributed by atoms with Crippen LogP contribution in [0.15, 0.2) is 17.0 Å². The van der Waals surface area contributed by atoms with E-state index >= 15 is 0 Å². The zero-order chi connectivity index (χ0) is 16.3. The van der Waals surface area contributed by atoms with Crippen molar-refractivity contribution in [2.75, 3.05) is 25.0 Å². The van der Waals surface area contributed by atoms with Crippen LogP contribution in [-0.2, 0) is 20.2 Å². The van der Waals surface area contributed by atoms with Gasteiger partial charge in [-0.2, -0.15) is 4.31 Å². The molecule has 0 saturated carbocycles. The molecule has 0 radical (unpaired) electrons. The van der Waals surface area contributed by atoms with Gasteiger partial charge in [-0.3, -0.25) is 4.79 Å². The number of anilines is 1. The van der Waals surface area contributed by atoms with Gasteiger partial charge in [0.15, 0.2) is 0 Å². The lowest BCUT2D eigenvalue weighted by Crippen LogP contribution is -2.33. The Labute approximate surface area is 132 Å². The van der Waals surface area contributed by atoms with Crippen LogP contribution in [0.2, 0.25) is 0 Å². The number of likely N-dealkylation sites (N-methyl/N-ethyl adjacent to an activating group) is 1. The fourth-order valence-corrected chi connectivity index (χ4v) is 5.16. The quantitative estimate of drug-likeness (QED) is 0.837. The van der Waals surface area contributed by atoms with Gasteiger partial charge < -0.3 is 4.90 Å². The molecule has 1 aromatic rings. The van der Waals surface area contributed by atoms with Crippen molar-refractivity contribution >= 4 is 21.6 Å². The predicted octanol–water partition coefficient (Wildman–Crippen LogP) is 2.03. The largest absolute Gasteiger partial charge is 0.314 e. The van der Waals surface area contributed by atoms with Crippen LogP contribution in [0.4, 0.5) is 5.69 Å². The van der Waals surface area contributed by atoms with Crippen molar-refractivity contribution in [3.63, 3.8) is 0 Å². The van der Waals surface area contributed by atoms with E-state index in [2.05, 4.69) is 0 Å². The molecule has 0 bridgehead atoms. The summed E-state index contributed by atoms with van der Waals surface area (Å²) in [7, 11) is -1.72. The van der Waals surface area contributed by atoms with Gasteiger partial charge in [-0.15, -0.1) is 0 Å². The average molecular weight is 322 g/mol. The molecule has 0 aromatic heterocycles. The molecule has 2 aliphatic rings. The second kappa shape index (κ2) is 4.80. The molecule has 5 nitrogen and oxygen atoms in total. The highest BCUT2D eigenvalue weighted by molar-refractivity contribution is 7.89. The number of fused-ring (bicyclic) bond motifs is 1. The Bertz CT molecular complexity index is 747. The summed E-state index contributed by atoms with van der Waals surface area (Å²) < 4.78 is 27.1. The monoisotopic (exact) mass is 322 g/mol. The van der Waals surface area contributed by atoms with Crippen molar-refractivity contribution in [2.45, 2.75) is 43.9 Å². The average Bonchev–Trinajstić information content (AvgIpc) is 3.04. The first-order valence-electron chi connectivity index (χ1n) is 7.61. The van der Waals surface area contributed by atoms with Gasteiger partial charge in [0.05, 0.1) is 16.0 Å². The van der Waals surface area contributed by atoms with Gasteiger partial charge in [0.2, 0.25) is 15.9 Å². The van der Waals surface area contributed by atoms with Gasteiger partial charge in [-0.05, 0) is 56.9 Å². The highest BCUT2D eigenvalue weighted by atomic mass is 32.2. The van der Waals surface area contributed by atoms with Crippen LogP contribution < -0.4 is 4.90 Å². The molecule has 1 fully saturated rings. The van der Waals surface area contributed by atoms with E-state index in [0.29, 0.717) is 18.0 Å². The maximum absolute atomic E-state index is 12.8. The molecule has 120 valence electrons. The zero-order valence-electron chi connectivity index (χ0n) is 13.5. The number of carbonyl (C=O) groups excluding carboxylic acids is 1. The van der Waals surface area contributed by atoms with Gasteiger partial charge in [0.25, 0.3) is 0 Å². The lowest BCUT2D eigenvalue weighted by Gasteiger charge is -2.19. The lowest BCUT2D eigenvalue weighted by atomic mass is 9.85. The number of hydrogen-bond donors (Lipinski definition) is 0. The Morgan fingerprint density at radius 1 is 1.14 bits per heavy atom. The molecule has 2 heterocycles. The summed E-state index contributed by atoms with van der Waals surface area (Å²) in [5.74, 6) is 0.00122. The van der Waals surface area contributed by atoms with Crippen LogP contribution in [-0.4, -0.2) is 38.8 Å². The van der Waals surface area contributed by atoms with Crippen LogP contribution in [0.3, 0.4) is 0 Å². The minimum absolute atomic E-state index is 0.00122. The van der Waals surface area contributed by atoms with Crippen LogP contribution in [0.1, 0.15) is 37.8 Å². The zero-order valence-corrected chi connectivity index (χ0v) is 14.3.